The summed E-state index contributed by atoms with van der Waals surface area (Å²) < 4.78 is 42.3. The summed E-state index contributed by atoms with van der Waals surface area (Å²) in [6.07, 6.45) is -6.45. The zero-order valence-corrected chi connectivity index (χ0v) is 20.8. The van der Waals surface area contributed by atoms with Crippen LogP contribution in [-0.4, -0.2) is 65.2 Å². The zero-order valence-electron chi connectivity index (χ0n) is 20.8. The SMILES string of the molecule is CC#CCN1c2c(n(-c3cc(C)ccc3C)c(=O)n(C)c2=O)N(OC(=O)C(F)(F)F)C1N1CCNCC1. The molecule has 1 unspecified atom stereocenters. The van der Waals surface area contributed by atoms with Crippen molar-refractivity contribution in [3.63, 3.8) is 0 Å². The summed E-state index contributed by atoms with van der Waals surface area (Å²) in [4.78, 5) is 47.4. The van der Waals surface area contributed by atoms with Crippen LogP contribution >= 0.6 is 0 Å². The van der Waals surface area contributed by atoms with Crippen LogP contribution in [0.4, 0.5) is 24.7 Å². The van der Waals surface area contributed by atoms with E-state index in [1.54, 1.807) is 37.8 Å². The van der Waals surface area contributed by atoms with E-state index in [1.165, 1.54) is 11.9 Å². The number of hydrogen-bond donors (Lipinski definition) is 1. The number of benzene rings is 1. The molecule has 0 radical (unpaired) electrons. The van der Waals surface area contributed by atoms with Gasteiger partial charge in [0.2, 0.25) is 0 Å². The Morgan fingerprint density at radius 3 is 2.49 bits per heavy atom. The van der Waals surface area contributed by atoms with E-state index in [1.807, 2.05) is 6.07 Å². The van der Waals surface area contributed by atoms with Crippen LogP contribution in [0.15, 0.2) is 27.8 Å². The van der Waals surface area contributed by atoms with Gasteiger partial charge in [0.05, 0.1) is 12.2 Å². The normalized spacial score (nSPS) is 17.9. The number of hydrogen-bond acceptors (Lipinski definition) is 8. The van der Waals surface area contributed by atoms with Crippen LogP contribution in [0.3, 0.4) is 0 Å². The van der Waals surface area contributed by atoms with Crippen molar-refractivity contribution in [2.24, 2.45) is 7.05 Å². The maximum atomic E-state index is 13.5. The molecule has 0 saturated carbocycles. The molecule has 2 aromatic rings. The Balaban J connectivity index is 2.07. The number of aromatic nitrogens is 2. The van der Waals surface area contributed by atoms with Gasteiger partial charge < -0.3 is 15.1 Å². The van der Waals surface area contributed by atoms with Gasteiger partial charge in [-0.15, -0.1) is 11.0 Å². The number of carbonyl (C=O) groups excluding carboxylic acids is 1. The smallest absolute Gasteiger partial charge is 0.327 e. The lowest BCUT2D eigenvalue weighted by Gasteiger charge is -2.40. The highest BCUT2D eigenvalue weighted by Gasteiger charge is 2.51. The number of carbonyl (C=O) groups is 1. The lowest BCUT2D eigenvalue weighted by molar-refractivity contribution is -0.203. The summed E-state index contributed by atoms with van der Waals surface area (Å²) in [6, 6.07) is 5.25. The molecule has 1 fully saturated rings. The van der Waals surface area contributed by atoms with Gasteiger partial charge in [-0.25, -0.2) is 14.2 Å². The minimum atomic E-state index is -5.31. The van der Waals surface area contributed by atoms with Gasteiger partial charge in [-0.05, 0) is 38.0 Å². The van der Waals surface area contributed by atoms with Crippen molar-refractivity contribution in [2.45, 2.75) is 33.2 Å². The highest BCUT2D eigenvalue weighted by atomic mass is 19.4. The highest BCUT2D eigenvalue weighted by molar-refractivity contribution is 5.81. The van der Waals surface area contributed by atoms with E-state index in [9.17, 15) is 27.6 Å². The van der Waals surface area contributed by atoms with Crippen LogP contribution < -0.4 is 26.5 Å². The molecule has 2 aliphatic heterocycles. The summed E-state index contributed by atoms with van der Waals surface area (Å²) in [5.41, 5.74) is 0.107. The van der Waals surface area contributed by atoms with Gasteiger partial charge in [-0.1, -0.05) is 18.1 Å². The number of piperazine rings is 1. The molecule has 10 nitrogen and oxygen atoms in total. The molecule has 1 N–H and O–H groups in total. The van der Waals surface area contributed by atoms with Gasteiger partial charge in [0.1, 0.15) is 0 Å². The first kappa shape index (κ1) is 26.3. The van der Waals surface area contributed by atoms with Crippen molar-refractivity contribution in [3.05, 3.63) is 50.2 Å². The van der Waals surface area contributed by atoms with Gasteiger partial charge in [0.15, 0.2) is 17.8 Å². The third kappa shape index (κ3) is 4.70. The fraction of sp³-hybridized carbons (Fsp3) is 0.458. The lowest BCUT2D eigenvalue weighted by Crippen LogP contribution is -2.61. The van der Waals surface area contributed by atoms with E-state index in [0.717, 1.165) is 19.8 Å². The van der Waals surface area contributed by atoms with Gasteiger partial charge in [-0.3, -0.25) is 14.3 Å². The average Bonchev–Trinajstić information content (AvgIpc) is 3.16. The Morgan fingerprint density at radius 1 is 1.19 bits per heavy atom. The number of nitrogens with zero attached hydrogens (tertiary/aromatic N) is 5. The van der Waals surface area contributed by atoms with Crippen LogP contribution in [0.5, 0.6) is 0 Å². The Morgan fingerprint density at radius 2 is 1.86 bits per heavy atom. The Hall–Kier alpha value is -3.76. The van der Waals surface area contributed by atoms with Crippen LogP contribution in [-0.2, 0) is 16.7 Å². The lowest BCUT2D eigenvalue weighted by atomic mass is 10.1. The topological polar surface area (TPSA) is 92.0 Å². The molecule has 3 heterocycles. The van der Waals surface area contributed by atoms with Crippen molar-refractivity contribution < 1.29 is 22.8 Å². The van der Waals surface area contributed by atoms with Gasteiger partial charge in [0, 0.05) is 33.2 Å². The molecule has 1 atom stereocenters. The second-order valence-corrected chi connectivity index (χ2v) is 8.83. The second-order valence-electron chi connectivity index (χ2n) is 8.83. The van der Waals surface area contributed by atoms with E-state index in [2.05, 4.69) is 17.2 Å². The van der Waals surface area contributed by atoms with Gasteiger partial charge in [0.25, 0.3) is 5.56 Å². The van der Waals surface area contributed by atoms with Crippen molar-refractivity contribution in [2.75, 3.05) is 42.7 Å². The highest BCUT2D eigenvalue weighted by Crippen LogP contribution is 2.40. The molecule has 198 valence electrons. The standard InChI is InChI=1S/C24H27F3N6O4/c1-5-6-11-31-18-19(32(23(36)29(4)20(18)34)17-14-15(2)7-8-16(17)3)33(37-21(35)24(25,26)27)22(31)30-12-9-28-10-13-30/h7-8,14,22,28H,9-13H2,1-4H3. The molecule has 37 heavy (non-hydrogen) atoms. The average molecular weight is 521 g/mol. The molecule has 1 aromatic carbocycles. The number of hydroxylamine groups is 1. The zero-order chi connectivity index (χ0) is 27.1. The van der Waals surface area contributed by atoms with E-state index in [0.29, 0.717) is 37.4 Å². The first-order valence-electron chi connectivity index (χ1n) is 11.6. The molecule has 1 saturated heterocycles. The van der Waals surface area contributed by atoms with E-state index in [4.69, 9.17) is 4.84 Å². The first-order chi connectivity index (χ1) is 17.5. The van der Waals surface area contributed by atoms with Gasteiger partial charge in [-0.2, -0.15) is 13.2 Å². The number of rotatable bonds is 4. The van der Waals surface area contributed by atoms with Gasteiger partial charge >= 0.3 is 17.8 Å². The molecular formula is C24H27F3N6O4. The largest absolute Gasteiger partial charge is 0.493 e. The fourth-order valence-electron chi connectivity index (χ4n) is 4.49. The van der Waals surface area contributed by atoms with Crippen molar-refractivity contribution in [3.8, 4) is 17.5 Å². The minimum absolute atomic E-state index is 0.0571. The Labute approximate surface area is 210 Å². The Kier molecular flexibility index (Phi) is 7.07. The molecule has 4 rings (SSSR count). The monoisotopic (exact) mass is 520 g/mol. The van der Waals surface area contributed by atoms with Crippen LogP contribution in [0, 0.1) is 25.7 Å². The van der Waals surface area contributed by atoms with Crippen molar-refractivity contribution >= 4 is 17.5 Å². The maximum Gasteiger partial charge on any atom is 0.493 e. The summed E-state index contributed by atoms with van der Waals surface area (Å²) >= 11 is 0. The van der Waals surface area contributed by atoms with E-state index in [-0.39, 0.29) is 18.1 Å². The number of halogens is 3. The van der Waals surface area contributed by atoms with E-state index < -0.39 is 29.7 Å². The third-order valence-electron chi connectivity index (χ3n) is 6.32. The maximum absolute atomic E-state index is 13.5. The molecule has 0 spiro atoms. The van der Waals surface area contributed by atoms with E-state index >= 15 is 0 Å². The predicted molar refractivity (Wildman–Crippen MR) is 130 cm³/mol. The number of anilines is 2. The summed E-state index contributed by atoms with van der Waals surface area (Å²) in [5, 5.41) is 3.90. The number of fused-ring (bicyclic) bond motifs is 1. The molecule has 0 aliphatic carbocycles. The first-order valence-corrected chi connectivity index (χ1v) is 11.6. The molecule has 13 heteroatoms. The number of alkyl halides is 3. The fourth-order valence-corrected chi connectivity index (χ4v) is 4.49. The summed E-state index contributed by atoms with van der Waals surface area (Å²) in [7, 11) is 1.29. The number of nitrogens with one attached hydrogen (secondary N) is 1. The van der Waals surface area contributed by atoms with Crippen molar-refractivity contribution in [1.29, 1.82) is 0 Å². The molecule has 1 aromatic heterocycles. The predicted octanol–water partition coefficient (Wildman–Crippen LogP) is 1.01. The van der Waals surface area contributed by atoms with Crippen molar-refractivity contribution in [1.82, 2.24) is 19.4 Å². The summed E-state index contributed by atoms with van der Waals surface area (Å²) in [6.45, 7) is 6.85. The Bertz CT molecular complexity index is 1400. The molecule has 0 bridgehead atoms. The summed E-state index contributed by atoms with van der Waals surface area (Å²) in [5.74, 6) is 2.85. The van der Waals surface area contributed by atoms with Crippen LogP contribution in [0.2, 0.25) is 0 Å². The molecule has 2 aliphatic rings. The van der Waals surface area contributed by atoms with Crippen LogP contribution in [0.25, 0.3) is 5.69 Å². The van der Waals surface area contributed by atoms with Crippen LogP contribution in [0.1, 0.15) is 18.1 Å². The quantitative estimate of drug-likeness (QED) is 0.598. The number of aryl methyl sites for hydroxylation is 2. The third-order valence-corrected chi connectivity index (χ3v) is 6.32. The molecule has 0 amide bonds. The second kappa shape index (κ2) is 9.95. The minimum Gasteiger partial charge on any atom is -0.327 e. The molecular weight excluding hydrogens is 493 g/mol.